The molecule has 0 bridgehead atoms. The minimum atomic E-state index is 0. The van der Waals surface area contributed by atoms with E-state index in [1.807, 2.05) is 26.6 Å². The van der Waals surface area contributed by atoms with E-state index in [1.54, 1.807) is 26.0 Å². The van der Waals surface area contributed by atoms with E-state index in [9.17, 15) is 0 Å². The standard InChI is InChI=1S/C2H7N.C2H6O.C2H6S.4CH4/c3*1-3-2;;;;/h3H,1-2H3;2*1-2H3;4*1H4. The highest BCUT2D eigenvalue weighted by Crippen LogP contribution is 1.70. The van der Waals surface area contributed by atoms with Crippen LogP contribution in [0.25, 0.3) is 0 Å². The molecular formula is C10H35NOS. The average Bonchev–Trinajstić information content (AvgIpc) is 1.70. The molecule has 0 aromatic carbocycles. The van der Waals surface area contributed by atoms with Gasteiger partial charge in [0.2, 0.25) is 0 Å². The van der Waals surface area contributed by atoms with Gasteiger partial charge in [0.15, 0.2) is 0 Å². The number of hydrogen-bond acceptors (Lipinski definition) is 3. The number of rotatable bonds is 0. The van der Waals surface area contributed by atoms with Crippen LogP contribution in [0.15, 0.2) is 0 Å². The Morgan fingerprint density at radius 2 is 0.846 bits per heavy atom. The molecule has 0 saturated carbocycles. The fourth-order valence-corrected chi connectivity index (χ4v) is 0. The highest BCUT2D eigenvalue weighted by Gasteiger charge is 1.32. The molecule has 92 valence electrons. The highest BCUT2D eigenvalue weighted by atomic mass is 32.2. The predicted octanol–water partition coefficient (Wildman–Crippen LogP) is 3.62. The fraction of sp³-hybridized carbons (Fsp3) is 1.00. The number of methoxy groups -OCH3 is 1. The molecule has 0 aliphatic heterocycles. The number of nitrogens with one attached hydrogen (secondary N) is 1. The topological polar surface area (TPSA) is 21.3 Å². The summed E-state index contributed by atoms with van der Waals surface area (Å²) < 4.78 is 4.25. The lowest BCUT2D eigenvalue weighted by Crippen LogP contribution is -1.89. The Hall–Kier alpha value is 0.270. The lowest BCUT2D eigenvalue weighted by Gasteiger charge is -1.61. The van der Waals surface area contributed by atoms with E-state index < -0.39 is 0 Å². The maximum atomic E-state index is 4.25. The minimum Gasteiger partial charge on any atom is -0.388 e. The van der Waals surface area contributed by atoms with Gasteiger partial charge in [-0.05, 0) is 26.6 Å². The quantitative estimate of drug-likeness (QED) is 0.669. The molecule has 0 aliphatic rings. The highest BCUT2D eigenvalue weighted by molar-refractivity contribution is 7.97. The van der Waals surface area contributed by atoms with Crippen molar-refractivity contribution < 1.29 is 4.74 Å². The van der Waals surface area contributed by atoms with Gasteiger partial charge in [0.25, 0.3) is 0 Å². The molecule has 0 aromatic heterocycles. The largest absolute Gasteiger partial charge is 0.388 e. The zero-order valence-corrected chi connectivity index (χ0v) is 8.13. The maximum absolute atomic E-state index is 4.25. The lowest BCUT2D eigenvalue weighted by molar-refractivity contribution is 0.277. The summed E-state index contributed by atoms with van der Waals surface area (Å²) in [7, 11) is 7.00. The van der Waals surface area contributed by atoms with Crippen molar-refractivity contribution in [1.82, 2.24) is 5.32 Å². The first-order valence-corrected chi connectivity index (χ1v) is 4.27. The molecule has 0 aromatic rings. The molecule has 3 heteroatoms. The fourth-order valence-electron chi connectivity index (χ4n) is 0. The summed E-state index contributed by atoms with van der Waals surface area (Å²) in [6.07, 6.45) is 4.08. The third kappa shape index (κ3) is 17800. The van der Waals surface area contributed by atoms with Crippen molar-refractivity contribution in [2.45, 2.75) is 29.7 Å². The summed E-state index contributed by atoms with van der Waals surface area (Å²) in [4.78, 5) is 0. The molecule has 0 unspecified atom stereocenters. The van der Waals surface area contributed by atoms with Crippen LogP contribution in [0.4, 0.5) is 0 Å². The molecular weight excluding hydrogens is 182 g/mol. The van der Waals surface area contributed by atoms with E-state index in [0.717, 1.165) is 0 Å². The summed E-state index contributed by atoms with van der Waals surface area (Å²) in [5.41, 5.74) is 0. The van der Waals surface area contributed by atoms with Gasteiger partial charge >= 0.3 is 0 Å². The van der Waals surface area contributed by atoms with Crippen LogP contribution in [0.1, 0.15) is 29.7 Å². The summed E-state index contributed by atoms with van der Waals surface area (Å²) >= 11 is 1.75. The third-order valence-electron chi connectivity index (χ3n) is 0. The summed E-state index contributed by atoms with van der Waals surface area (Å²) in [5, 5.41) is 2.75. The van der Waals surface area contributed by atoms with Crippen LogP contribution in [-0.2, 0) is 4.74 Å². The Kier molecular flexibility index (Phi) is 570. The SMILES string of the molecule is C.C.C.C.CNC.COC.CSC. The van der Waals surface area contributed by atoms with Crippen LogP contribution >= 0.6 is 11.8 Å². The molecule has 1 N–H and O–H groups in total. The lowest BCUT2D eigenvalue weighted by atomic mass is 11.3. The van der Waals surface area contributed by atoms with Crippen molar-refractivity contribution >= 4 is 11.8 Å². The summed E-state index contributed by atoms with van der Waals surface area (Å²) in [6.45, 7) is 0. The molecule has 0 aliphatic carbocycles. The van der Waals surface area contributed by atoms with Crippen molar-refractivity contribution in [3.63, 3.8) is 0 Å². The summed E-state index contributed by atoms with van der Waals surface area (Å²) in [5.74, 6) is 0. The second-order valence-corrected chi connectivity index (χ2v) is 2.13. The normalized spacial score (nSPS) is 4.15. The zero-order valence-electron chi connectivity index (χ0n) is 7.32. The van der Waals surface area contributed by atoms with Crippen LogP contribution in [0.5, 0.6) is 0 Å². The van der Waals surface area contributed by atoms with Crippen LogP contribution in [-0.4, -0.2) is 40.8 Å². The number of ether oxygens (including phenoxy) is 1. The monoisotopic (exact) mass is 217 g/mol. The molecule has 0 fully saturated rings. The smallest absolute Gasteiger partial charge is 0.0351 e. The third-order valence-corrected chi connectivity index (χ3v) is 0. The second-order valence-electron chi connectivity index (χ2n) is 1.32. The van der Waals surface area contributed by atoms with Gasteiger partial charge in [0, 0.05) is 14.2 Å². The summed E-state index contributed by atoms with van der Waals surface area (Å²) in [6, 6.07) is 0. The second kappa shape index (κ2) is 146. The van der Waals surface area contributed by atoms with Gasteiger partial charge in [-0.3, -0.25) is 0 Å². The van der Waals surface area contributed by atoms with Crippen molar-refractivity contribution in [2.24, 2.45) is 0 Å². The number of thioether (sulfide) groups is 1. The van der Waals surface area contributed by atoms with E-state index in [1.165, 1.54) is 0 Å². The van der Waals surface area contributed by atoms with Crippen molar-refractivity contribution in [3.05, 3.63) is 0 Å². The van der Waals surface area contributed by atoms with E-state index >= 15 is 0 Å². The Morgan fingerprint density at radius 1 is 0.846 bits per heavy atom. The van der Waals surface area contributed by atoms with Crippen LogP contribution in [0.3, 0.4) is 0 Å². The number of hydrogen-bond donors (Lipinski definition) is 1. The zero-order chi connectivity index (χ0) is 8.12. The van der Waals surface area contributed by atoms with Crippen molar-refractivity contribution in [2.75, 3.05) is 40.8 Å². The molecule has 0 spiro atoms. The predicted molar refractivity (Wildman–Crippen MR) is 74.3 cm³/mol. The molecule has 0 saturated heterocycles. The van der Waals surface area contributed by atoms with Gasteiger partial charge in [0.1, 0.15) is 0 Å². The molecule has 0 heterocycles. The van der Waals surface area contributed by atoms with E-state index in [4.69, 9.17) is 0 Å². The van der Waals surface area contributed by atoms with Gasteiger partial charge < -0.3 is 10.1 Å². The van der Waals surface area contributed by atoms with Gasteiger partial charge in [0.05, 0.1) is 0 Å². The van der Waals surface area contributed by atoms with Gasteiger partial charge in [-0.15, -0.1) is 0 Å². The van der Waals surface area contributed by atoms with E-state index in [0.29, 0.717) is 0 Å². The first-order chi connectivity index (χ1) is 4.24. The van der Waals surface area contributed by atoms with E-state index in [-0.39, 0.29) is 29.7 Å². The Balaban J connectivity index is -0.00000000720. The van der Waals surface area contributed by atoms with Crippen molar-refractivity contribution in [3.8, 4) is 0 Å². The molecule has 2 nitrogen and oxygen atoms in total. The van der Waals surface area contributed by atoms with Crippen LogP contribution < -0.4 is 5.32 Å². The Labute approximate surface area is 92.8 Å². The molecule has 0 amide bonds. The van der Waals surface area contributed by atoms with Gasteiger partial charge in [-0.25, -0.2) is 0 Å². The van der Waals surface area contributed by atoms with Crippen molar-refractivity contribution in [1.29, 1.82) is 0 Å². The minimum absolute atomic E-state index is 0. The molecule has 0 rings (SSSR count). The van der Waals surface area contributed by atoms with Crippen LogP contribution in [0.2, 0.25) is 0 Å². The maximum Gasteiger partial charge on any atom is 0.0351 e. The molecule has 0 atom stereocenters. The van der Waals surface area contributed by atoms with Gasteiger partial charge in [-0.1, -0.05) is 29.7 Å². The average molecular weight is 217 g/mol. The molecule has 0 radical (unpaired) electrons. The van der Waals surface area contributed by atoms with Gasteiger partial charge in [-0.2, -0.15) is 11.8 Å². The molecule has 13 heavy (non-hydrogen) atoms. The first kappa shape index (κ1) is 50.8. The van der Waals surface area contributed by atoms with Crippen LogP contribution in [0, 0.1) is 0 Å². The Morgan fingerprint density at radius 3 is 0.846 bits per heavy atom. The van der Waals surface area contributed by atoms with E-state index in [2.05, 4.69) is 10.1 Å². The first-order valence-electron chi connectivity index (χ1n) is 2.63. The Bertz CT molecular complexity index is 19.6.